The summed E-state index contributed by atoms with van der Waals surface area (Å²) < 4.78 is 0. The molecule has 0 fully saturated rings. The third-order valence-electron chi connectivity index (χ3n) is 1.74. The molecular formula is C9H10Cl2O. The van der Waals surface area contributed by atoms with Crippen LogP contribution in [0.4, 0.5) is 0 Å². The molecule has 1 nitrogen and oxygen atoms in total. The Morgan fingerprint density at radius 3 is 2.58 bits per heavy atom. The van der Waals surface area contributed by atoms with Crippen LogP contribution in [0.25, 0.3) is 0 Å². The first-order chi connectivity index (χ1) is 5.65. The average Bonchev–Trinajstić information content (AvgIpc) is 2.05. The molecule has 0 atom stereocenters. The molecule has 0 aromatic heterocycles. The van der Waals surface area contributed by atoms with Gasteiger partial charge in [-0.2, -0.15) is 0 Å². The van der Waals surface area contributed by atoms with Crippen molar-refractivity contribution in [3.8, 4) is 5.75 Å². The van der Waals surface area contributed by atoms with Crippen molar-refractivity contribution in [2.45, 2.75) is 18.2 Å². The van der Waals surface area contributed by atoms with Gasteiger partial charge < -0.3 is 5.11 Å². The molecule has 0 aliphatic carbocycles. The van der Waals surface area contributed by atoms with Gasteiger partial charge in [-0.1, -0.05) is 36.2 Å². The molecule has 0 saturated carbocycles. The van der Waals surface area contributed by atoms with Crippen LogP contribution in [0, 0.1) is 0 Å². The van der Waals surface area contributed by atoms with Crippen LogP contribution in [0.1, 0.15) is 22.9 Å². The molecule has 1 aromatic carbocycles. The largest absolute Gasteiger partial charge is 0.508 e. The molecule has 1 aromatic rings. The number of hydrogen-bond donors (Lipinski definition) is 1. The lowest BCUT2D eigenvalue weighted by Gasteiger charge is -2.06. The third kappa shape index (κ3) is 2.05. The Labute approximate surface area is 81.9 Å². The van der Waals surface area contributed by atoms with E-state index >= 15 is 0 Å². The predicted octanol–water partition coefficient (Wildman–Crippen LogP) is 3.43. The highest BCUT2D eigenvalue weighted by Gasteiger charge is 2.08. The predicted molar refractivity (Wildman–Crippen MR) is 51.9 cm³/mol. The van der Waals surface area contributed by atoms with Crippen LogP contribution in [-0.4, -0.2) is 5.11 Å². The minimum Gasteiger partial charge on any atom is -0.508 e. The smallest absolute Gasteiger partial charge is 0.136 e. The summed E-state index contributed by atoms with van der Waals surface area (Å²) in [6, 6.07) is 5.29. The first kappa shape index (κ1) is 9.69. The summed E-state index contributed by atoms with van der Waals surface area (Å²) in [6.45, 7) is 2.04. The maximum absolute atomic E-state index is 9.33. The lowest BCUT2D eigenvalue weighted by Crippen LogP contribution is -1.86. The molecule has 3 heteroatoms. The van der Waals surface area contributed by atoms with Gasteiger partial charge in [0.2, 0.25) is 0 Å². The van der Waals surface area contributed by atoms with Crippen molar-refractivity contribution in [1.82, 2.24) is 0 Å². The number of alkyl halides is 2. The van der Waals surface area contributed by atoms with Crippen LogP contribution in [0.2, 0.25) is 0 Å². The van der Waals surface area contributed by atoms with Crippen molar-refractivity contribution in [2.24, 2.45) is 0 Å². The van der Waals surface area contributed by atoms with E-state index in [0.29, 0.717) is 5.56 Å². The maximum atomic E-state index is 9.33. The highest BCUT2D eigenvalue weighted by molar-refractivity contribution is 6.44. The van der Waals surface area contributed by atoms with Gasteiger partial charge in [0, 0.05) is 5.56 Å². The fourth-order valence-electron chi connectivity index (χ4n) is 0.999. The van der Waals surface area contributed by atoms with Crippen molar-refractivity contribution in [3.05, 3.63) is 29.3 Å². The zero-order chi connectivity index (χ0) is 9.14. The number of phenols is 1. The number of benzene rings is 1. The van der Waals surface area contributed by atoms with E-state index in [1.807, 2.05) is 19.1 Å². The quantitative estimate of drug-likeness (QED) is 0.733. The zero-order valence-corrected chi connectivity index (χ0v) is 8.23. The van der Waals surface area contributed by atoms with E-state index in [0.717, 1.165) is 12.0 Å². The molecule has 0 amide bonds. The van der Waals surface area contributed by atoms with E-state index in [9.17, 15) is 5.11 Å². The van der Waals surface area contributed by atoms with E-state index in [-0.39, 0.29) is 5.75 Å². The molecule has 0 radical (unpaired) electrons. The molecule has 12 heavy (non-hydrogen) atoms. The zero-order valence-electron chi connectivity index (χ0n) is 6.72. The molecule has 0 heterocycles. The first-order valence-corrected chi connectivity index (χ1v) is 4.62. The van der Waals surface area contributed by atoms with Crippen LogP contribution in [-0.2, 0) is 6.42 Å². The first-order valence-electron chi connectivity index (χ1n) is 3.75. The van der Waals surface area contributed by atoms with Crippen molar-refractivity contribution in [2.75, 3.05) is 0 Å². The number of hydrogen-bond acceptors (Lipinski definition) is 1. The highest BCUT2D eigenvalue weighted by Crippen LogP contribution is 2.32. The number of aromatic hydroxyl groups is 1. The summed E-state index contributed by atoms with van der Waals surface area (Å²) in [5, 5.41) is 9.33. The number of halogens is 2. The Hall–Kier alpha value is -0.400. The molecule has 0 unspecified atom stereocenters. The maximum Gasteiger partial charge on any atom is 0.136 e. The Morgan fingerprint density at radius 1 is 1.42 bits per heavy atom. The van der Waals surface area contributed by atoms with E-state index < -0.39 is 4.84 Å². The lowest BCUT2D eigenvalue weighted by molar-refractivity contribution is 0.470. The van der Waals surface area contributed by atoms with Gasteiger partial charge in [0.05, 0.1) is 0 Å². The van der Waals surface area contributed by atoms with Crippen LogP contribution >= 0.6 is 23.2 Å². The second-order valence-corrected chi connectivity index (χ2v) is 3.64. The van der Waals surface area contributed by atoms with Crippen LogP contribution in [0.5, 0.6) is 5.75 Å². The van der Waals surface area contributed by atoms with E-state index in [1.54, 1.807) is 6.07 Å². The van der Waals surface area contributed by atoms with Crippen molar-refractivity contribution >= 4 is 23.2 Å². The second kappa shape index (κ2) is 4.01. The summed E-state index contributed by atoms with van der Waals surface area (Å²) in [5.74, 6) is 0.155. The SMILES string of the molecule is CCc1ccc(O)c(C(Cl)Cl)c1. The number of rotatable bonds is 2. The molecule has 0 bridgehead atoms. The number of aryl methyl sites for hydroxylation is 1. The minimum atomic E-state index is -0.656. The molecule has 66 valence electrons. The molecule has 1 rings (SSSR count). The lowest BCUT2D eigenvalue weighted by atomic mass is 10.1. The Kier molecular flexibility index (Phi) is 3.24. The summed E-state index contributed by atoms with van der Waals surface area (Å²) in [4.78, 5) is -0.656. The van der Waals surface area contributed by atoms with Gasteiger partial charge >= 0.3 is 0 Å². The van der Waals surface area contributed by atoms with Gasteiger partial charge in [-0.3, -0.25) is 0 Å². The molecule has 0 spiro atoms. The van der Waals surface area contributed by atoms with Gasteiger partial charge in [0.15, 0.2) is 0 Å². The molecule has 1 N–H and O–H groups in total. The highest BCUT2D eigenvalue weighted by atomic mass is 35.5. The van der Waals surface area contributed by atoms with Crippen LogP contribution in [0.3, 0.4) is 0 Å². The topological polar surface area (TPSA) is 20.2 Å². The molecular weight excluding hydrogens is 195 g/mol. The second-order valence-electron chi connectivity index (χ2n) is 2.55. The van der Waals surface area contributed by atoms with Crippen LogP contribution in [0.15, 0.2) is 18.2 Å². The van der Waals surface area contributed by atoms with E-state index in [2.05, 4.69) is 0 Å². The van der Waals surface area contributed by atoms with E-state index in [1.165, 1.54) is 0 Å². The van der Waals surface area contributed by atoms with Crippen molar-refractivity contribution in [1.29, 1.82) is 0 Å². The standard InChI is InChI=1S/C9H10Cl2O/c1-2-6-3-4-8(12)7(5-6)9(10)11/h3-5,9,12H,2H2,1H3. The fraction of sp³-hybridized carbons (Fsp3) is 0.333. The summed E-state index contributed by atoms with van der Waals surface area (Å²) in [6.07, 6.45) is 0.910. The van der Waals surface area contributed by atoms with Gasteiger partial charge in [0.1, 0.15) is 10.6 Å². The third-order valence-corrected chi connectivity index (χ3v) is 2.21. The summed E-state index contributed by atoms with van der Waals surface area (Å²) >= 11 is 11.3. The van der Waals surface area contributed by atoms with Crippen molar-refractivity contribution in [3.63, 3.8) is 0 Å². The van der Waals surface area contributed by atoms with Gasteiger partial charge in [-0.25, -0.2) is 0 Å². The van der Waals surface area contributed by atoms with Crippen molar-refractivity contribution < 1.29 is 5.11 Å². The summed E-state index contributed by atoms with van der Waals surface area (Å²) in [7, 11) is 0. The van der Waals surface area contributed by atoms with E-state index in [4.69, 9.17) is 23.2 Å². The number of phenolic OH excluding ortho intramolecular Hbond substituents is 1. The summed E-state index contributed by atoms with van der Waals surface area (Å²) in [5.41, 5.74) is 1.70. The Morgan fingerprint density at radius 2 is 2.08 bits per heavy atom. The Balaban J connectivity index is 3.08. The van der Waals surface area contributed by atoms with Crippen LogP contribution < -0.4 is 0 Å². The molecule has 0 aliphatic heterocycles. The molecule has 0 aliphatic rings. The molecule has 0 saturated heterocycles. The monoisotopic (exact) mass is 204 g/mol. The normalized spacial score (nSPS) is 10.7. The van der Waals surface area contributed by atoms with Gasteiger partial charge in [0.25, 0.3) is 0 Å². The minimum absolute atomic E-state index is 0.155. The Bertz CT molecular complexity index is 271. The van der Waals surface area contributed by atoms with Gasteiger partial charge in [-0.05, 0) is 24.1 Å². The average molecular weight is 205 g/mol. The fourth-order valence-corrected chi connectivity index (χ4v) is 1.35. The van der Waals surface area contributed by atoms with Gasteiger partial charge in [-0.15, -0.1) is 0 Å².